The Kier molecular flexibility index (Phi) is 5.15. The molecular formula is C12H16O4S. The first-order valence-electron chi connectivity index (χ1n) is 5.00. The van der Waals surface area contributed by atoms with E-state index in [1.807, 2.05) is 6.26 Å². The van der Waals surface area contributed by atoms with Crippen molar-refractivity contribution in [3.8, 4) is 17.2 Å². The second-order valence-electron chi connectivity index (χ2n) is 3.24. The van der Waals surface area contributed by atoms with Crippen LogP contribution < -0.4 is 14.2 Å². The van der Waals surface area contributed by atoms with E-state index in [9.17, 15) is 4.79 Å². The summed E-state index contributed by atoms with van der Waals surface area (Å²) in [5.41, 5.74) is 0.513. The summed E-state index contributed by atoms with van der Waals surface area (Å²) < 4.78 is 15.6. The zero-order valence-electron chi connectivity index (χ0n) is 10.4. The molecule has 0 N–H and O–H groups in total. The Morgan fingerprint density at radius 3 is 2.24 bits per heavy atom. The van der Waals surface area contributed by atoms with Crippen LogP contribution in [0.2, 0.25) is 0 Å². The Balaban J connectivity index is 3.27. The van der Waals surface area contributed by atoms with Crippen molar-refractivity contribution in [3.63, 3.8) is 0 Å². The van der Waals surface area contributed by atoms with Gasteiger partial charge in [-0.25, -0.2) is 0 Å². The van der Waals surface area contributed by atoms with Gasteiger partial charge in [0.2, 0.25) is 5.75 Å². The molecule has 0 fully saturated rings. The van der Waals surface area contributed by atoms with Crippen LogP contribution in [0, 0.1) is 0 Å². The Labute approximate surface area is 105 Å². The minimum atomic E-state index is 0.00954. The molecule has 4 nitrogen and oxygen atoms in total. The van der Waals surface area contributed by atoms with Gasteiger partial charge in [-0.3, -0.25) is 4.79 Å². The minimum Gasteiger partial charge on any atom is -0.493 e. The number of carbonyl (C=O) groups is 1. The van der Waals surface area contributed by atoms with E-state index in [1.54, 1.807) is 19.2 Å². The summed E-state index contributed by atoms with van der Waals surface area (Å²) in [4.78, 5) is 11.9. The predicted octanol–water partition coefficient (Wildman–Crippen LogP) is 2.26. The van der Waals surface area contributed by atoms with Crippen LogP contribution in [0.3, 0.4) is 0 Å². The summed E-state index contributed by atoms with van der Waals surface area (Å²) in [5, 5.41) is 0. The lowest BCUT2D eigenvalue weighted by Gasteiger charge is -2.14. The van der Waals surface area contributed by atoms with Gasteiger partial charge in [0, 0.05) is 0 Å². The topological polar surface area (TPSA) is 44.8 Å². The molecule has 5 heteroatoms. The molecule has 0 spiro atoms. The van der Waals surface area contributed by atoms with Crippen LogP contribution in [-0.4, -0.2) is 39.1 Å². The monoisotopic (exact) mass is 256 g/mol. The molecule has 0 bridgehead atoms. The van der Waals surface area contributed by atoms with E-state index in [4.69, 9.17) is 14.2 Å². The lowest BCUT2D eigenvalue weighted by Crippen LogP contribution is -2.06. The smallest absolute Gasteiger partial charge is 0.204 e. The van der Waals surface area contributed by atoms with Crippen LogP contribution in [-0.2, 0) is 0 Å². The average molecular weight is 256 g/mol. The molecule has 0 atom stereocenters. The van der Waals surface area contributed by atoms with Crippen LogP contribution in [0.4, 0.5) is 0 Å². The van der Waals surface area contributed by atoms with E-state index < -0.39 is 0 Å². The zero-order valence-corrected chi connectivity index (χ0v) is 11.2. The van der Waals surface area contributed by atoms with Crippen LogP contribution in [0.25, 0.3) is 0 Å². The van der Waals surface area contributed by atoms with E-state index in [0.29, 0.717) is 28.6 Å². The summed E-state index contributed by atoms with van der Waals surface area (Å²) >= 11 is 1.47. The molecule has 0 aliphatic rings. The average Bonchev–Trinajstić information content (AvgIpc) is 2.36. The number of rotatable bonds is 6. The third kappa shape index (κ3) is 2.85. The van der Waals surface area contributed by atoms with Crippen molar-refractivity contribution in [3.05, 3.63) is 17.7 Å². The number of thioether (sulfide) groups is 1. The number of ketones is 1. The van der Waals surface area contributed by atoms with Crippen molar-refractivity contribution in [2.24, 2.45) is 0 Å². The highest BCUT2D eigenvalue weighted by molar-refractivity contribution is 7.99. The van der Waals surface area contributed by atoms with Gasteiger partial charge >= 0.3 is 0 Å². The maximum Gasteiger partial charge on any atom is 0.204 e. The number of hydrogen-bond donors (Lipinski definition) is 0. The molecule has 17 heavy (non-hydrogen) atoms. The highest BCUT2D eigenvalue weighted by Gasteiger charge is 2.19. The number of ether oxygens (including phenoxy) is 3. The summed E-state index contributed by atoms with van der Waals surface area (Å²) in [7, 11) is 4.57. The first-order valence-corrected chi connectivity index (χ1v) is 6.40. The van der Waals surface area contributed by atoms with Crippen LogP contribution in [0.1, 0.15) is 10.4 Å². The first kappa shape index (κ1) is 13.7. The fourth-order valence-electron chi connectivity index (χ4n) is 1.53. The van der Waals surface area contributed by atoms with Gasteiger partial charge in [0.15, 0.2) is 17.3 Å². The molecule has 1 aromatic rings. The van der Waals surface area contributed by atoms with Gasteiger partial charge in [-0.05, 0) is 18.4 Å². The molecule has 0 aliphatic carbocycles. The Bertz CT molecular complexity index is 404. The molecule has 1 aromatic carbocycles. The third-order valence-electron chi connectivity index (χ3n) is 2.28. The largest absolute Gasteiger partial charge is 0.493 e. The molecule has 0 saturated heterocycles. The van der Waals surface area contributed by atoms with E-state index in [-0.39, 0.29) is 5.78 Å². The van der Waals surface area contributed by atoms with Crippen molar-refractivity contribution in [1.29, 1.82) is 0 Å². The number of methoxy groups -OCH3 is 3. The molecule has 0 heterocycles. The fraction of sp³-hybridized carbons (Fsp3) is 0.417. The van der Waals surface area contributed by atoms with Crippen molar-refractivity contribution in [2.45, 2.75) is 0 Å². The van der Waals surface area contributed by atoms with Crippen molar-refractivity contribution in [1.82, 2.24) is 0 Å². The van der Waals surface area contributed by atoms with Crippen LogP contribution >= 0.6 is 11.8 Å². The van der Waals surface area contributed by atoms with Crippen LogP contribution in [0.15, 0.2) is 12.1 Å². The van der Waals surface area contributed by atoms with Gasteiger partial charge in [0.25, 0.3) is 0 Å². The predicted molar refractivity (Wildman–Crippen MR) is 68.8 cm³/mol. The normalized spacial score (nSPS) is 9.88. The fourth-order valence-corrected chi connectivity index (χ4v) is 1.95. The maximum atomic E-state index is 11.9. The second kappa shape index (κ2) is 6.39. The molecule has 0 amide bonds. The number of Topliss-reactive ketones (excluding diaryl/α,β-unsaturated/α-hetero) is 1. The molecule has 0 unspecified atom stereocenters. The highest BCUT2D eigenvalue weighted by Crippen LogP contribution is 2.39. The van der Waals surface area contributed by atoms with Crippen molar-refractivity contribution in [2.75, 3.05) is 33.3 Å². The van der Waals surface area contributed by atoms with Gasteiger partial charge in [-0.1, -0.05) is 0 Å². The quantitative estimate of drug-likeness (QED) is 0.730. The SMILES string of the molecule is COc1ccc(C(=O)CSC)c(OC)c1OC. The Hall–Kier alpha value is -1.36. The summed E-state index contributed by atoms with van der Waals surface area (Å²) in [5.74, 6) is 1.83. The van der Waals surface area contributed by atoms with Crippen molar-refractivity contribution < 1.29 is 19.0 Å². The lowest BCUT2D eigenvalue weighted by molar-refractivity contribution is 0.101. The van der Waals surface area contributed by atoms with E-state index in [2.05, 4.69) is 0 Å². The zero-order chi connectivity index (χ0) is 12.8. The Morgan fingerprint density at radius 2 is 1.76 bits per heavy atom. The van der Waals surface area contributed by atoms with Crippen molar-refractivity contribution >= 4 is 17.5 Å². The second-order valence-corrected chi connectivity index (χ2v) is 4.10. The molecule has 1 rings (SSSR count). The molecule has 0 aliphatic heterocycles. The van der Waals surface area contributed by atoms with E-state index in [1.165, 1.54) is 26.0 Å². The van der Waals surface area contributed by atoms with E-state index >= 15 is 0 Å². The molecule has 0 radical (unpaired) electrons. The Morgan fingerprint density at radius 1 is 1.12 bits per heavy atom. The van der Waals surface area contributed by atoms with Crippen LogP contribution in [0.5, 0.6) is 17.2 Å². The summed E-state index contributed by atoms with van der Waals surface area (Å²) in [6.45, 7) is 0. The van der Waals surface area contributed by atoms with Gasteiger partial charge < -0.3 is 14.2 Å². The van der Waals surface area contributed by atoms with E-state index in [0.717, 1.165) is 0 Å². The number of hydrogen-bond acceptors (Lipinski definition) is 5. The number of benzene rings is 1. The maximum absolute atomic E-state index is 11.9. The summed E-state index contributed by atoms with van der Waals surface area (Å²) in [6, 6.07) is 3.40. The third-order valence-corrected chi connectivity index (χ3v) is 2.83. The molecule has 0 aromatic heterocycles. The molecule has 0 saturated carbocycles. The lowest BCUT2D eigenvalue weighted by atomic mass is 10.1. The van der Waals surface area contributed by atoms with Gasteiger partial charge in [-0.15, -0.1) is 0 Å². The molecule has 94 valence electrons. The minimum absolute atomic E-state index is 0.00954. The first-order chi connectivity index (χ1) is 8.19. The van der Waals surface area contributed by atoms with Gasteiger partial charge in [0.1, 0.15) is 0 Å². The highest BCUT2D eigenvalue weighted by atomic mass is 32.2. The van der Waals surface area contributed by atoms with Gasteiger partial charge in [-0.2, -0.15) is 11.8 Å². The molecular weight excluding hydrogens is 240 g/mol. The summed E-state index contributed by atoms with van der Waals surface area (Å²) in [6.07, 6.45) is 1.88. The standard InChI is InChI=1S/C12H16O4S/c1-14-10-6-5-8(9(13)7-17-4)11(15-2)12(10)16-3/h5-6H,7H2,1-4H3. The number of carbonyl (C=O) groups excluding carboxylic acids is 1. The van der Waals surface area contributed by atoms with Gasteiger partial charge in [0.05, 0.1) is 32.6 Å².